The summed E-state index contributed by atoms with van der Waals surface area (Å²) in [6.45, 7) is 0.0701. The van der Waals surface area contributed by atoms with E-state index < -0.39 is 0 Å². The van der Waals surface area contributed by atoms with Crippen molar-refractivity contribution in [3.05, 3.63) is 29.8 Å². The Kier molecular flexibility index (Phi) is 5.38. The van der Waals surface area contributed by atoms with Crippen molar-refractivity contribution in [2.45, 2.75) is 0 Å². The number of nitrogens with zero attached hydrogens (tertiary/aromatic N) is 2. The monoisotopic (exact) mass is 319 g/mol. The molecule has 1 aromatic carbocycles. The molecule has 2 rings (SSSR count). The number of carbonyl (C=O) groups excluding carboxylic acids is 3. The fourth-order valence-electron chi connectivity index (χ4n) is 1.78. The maximum Gasteiger partial charge on any atom is 0.288 e. The van der Waals surface area contributed by atoms with Gasteiger partial charge in [-0.2, -0.15) is 5.26 Å². The normalized spacial score (nSPS) is 13.9. The predicted molar refractivity (Wildman–Crippen MR) is 79.2 cm³/mol. The summed E-state index contributed by atoms with van der Waals surface area (Å²) in [5.74, 6) is -0.148. The number of rotatable bonds is 6. The van der Waals surface area contributed by atoms with Crippen molar-refractivity contribution in [3.8, 4) is 11.8 Å². The topological polar surface area (TPSA) is 99.5 Å². The fraction of sp³-hybridized carbons (Fsp3) is 0.286. The van der Waals surface area contributed by atoms with Gasteiger partial charge in [0, 0.05) is 13.1 Å². The Labute approximate surface area is 131 Å². The molecular formula is C14H13N3O4S. The Morgan fingerprint density at radius 2 is 2.18 bits per heavy atom. The summed E-state index contributed by atoms with van der Waals surface area (Å²) < 4.78 is 5.27. The van der Waals surface area contributed by atoms with Gasteiger partial charge in [-0.15, -0.1) is 0 Å². The van der Waals surface area contributed by atoms with Gasteiger partial charge in [0.1, 0.15) is 11.8 Å². The van der Waals surface area contributed by atoms with Crippen LogP contribution in [0.15, 0.2) is 24.3 Å². The Morgan fingerprint density at radius 3 is 2.86 bits per heavy atom. The van der Waals surface area contributed by atoms with E-state index in [2.05, 4.69) is 5.32 Å². The van der Waals surface area contributed by atoms with Gasteiger partial charge in [-0.1, -0.05) is 23.9 Å². The summed E-state index contributed by atoms with van der Waals surface area (Å²) in [4.78, 5) is 35.4. The van der Waals surface area contributed by atoms with Crippen LogP contribution in [0.2, 0.25) is 0 Å². The number of para-hydroxylation sites is 1. The van der Waals surface area contributed by atoms with Crippen molar-refractivity contribution < 1.29 is 19.1 Å². The van der Waals surface area contributed by atoms with Gasteiger partial charge in [0.25, 0.3) is 11.1 Å². The Balaban J connectivity index is 1.73. The number of hydrogen-bond acceptors (Lipinski definition) is 6. The van der Waals surface area contributed by atoms with Crippen LogP contribution in [0.25, 0.3) is 0 Å². The number of imide groups is 1. The summed E-state index contributed by atoms with van der Waals surface area (Å²) in [6, 6.07) is 8.57. The van der Waals surface area contributed by atoms with E-state index in [9.17, 15) is 14.4 Å². The molecule has 0 saturated carbocycles. The Hall–Kier alpha value is -2.53. The van der Waals surface area contributed by atoms with E-state index in [0.717, 1.165) is 16.7 Å². The van der Waals surface area contributed by atoms with Crippen LogP contribution in [-0.2, 0) is 9.59 Å². The minimum absolute atomic E-state index is 0.144. The molecule has 8 heteroatoms. The Morgan fingerprint density at radius 1 is 1.41 bits per heavy atom. The van der Waals surface area contributed by atoms with Gasteiger partial charge in [0.05, 0.1) is 11.3 Å². The van der Waals surface area contributed by atoms with E-state index in [0.29, 0.717) is 11.3 Å². The molecule has 7 nitrogen and oxygen atoms in total. The first-order chi connectivity index (χ1) is 10.6. The largest absolute Gasteiger partial charge is 0.482 e. The number of nitriles is 1. The van der Waals surface area contributed by atoms with E-state index in [1.807, 2.05) is 6.07 Å². The number of thioether (sulfide) groups is 1. The third kappa shape index (κ3) is 3.99. The lowest BCUT2D eigenvalue weighted by Crippen LogP contribution is -2.39. The van der Waals surface area contributed by atoms with Crippen LogP contribution < -0.4 is 10.1 Å². The lowest BCUT2D eigenvalue weighted by Gasteiger charge is -2.13. The molecule has 1 saturated heterocycles. The molecule has 1 N–H and O–H groups in total. The number of benzene rings is 1. The molecule has 0 unspecified atom stereocenters. The molecular weight excluding hydrogens is 306 g/mol. The minimum atomic E-state index is -0.389. The van der Waals surface area contributed by atoms with Gasteiger partial charge >= 0.3 is 0 Å². The second kappa shape index (κ2) is 7.47. The summed E-state index contributed by atoms with van der Waals surface area (Å²) in [6.07, 6.45) is 0. The van der Waals surface area contributed by atoms with Crippen molar-refractivity contribution in [2.75, 3.05) is 25.4 Å². The van der Waals surface area contributed by atoms with Crippen LogP contribution in [0, 0.1) is 11.3 Å². The molecule has 1 heterocycles. The molecule has 114 valence electrons. The molecule has 3 amide bonds. The van der Waals surface area contributed by atoms with Gasteiger partial charge in [-0.25, -0.2) is 0 Å². The summed E-state index contributed by atoms with van der Waals surface area (Å²) in [5.41, 5.74) is 0.348. The Bertz CT molecular complexity index is 625. The predicted octanol–water partition coefficient (Wildman–Crippen LogP) is 0.749. The molecule has 0 bridgehead atoms. The van der Waals surface area contributed by atoms with E-state index in [1.54, 1.807) is 24.3 Å². The van der Waals surface area contributed by atoms with E-state index in [4.69, 9.17) is 10.00 Å². The standard InChI is InChI=1S/C14H13N3O4S/c15-7-10-3-1-2-4-11(10)21-8-12(18)16-5-6-17-13(19)9-22-14(17)20/h1-4H,5-6,8-9H2,(H,16,18). The highest BCUT2D eigenvalue weighted by molar-refractivity contribution is 8.14. The molecule has 0 aromatic heterocycles. The van der Waals surface area contributed by atoms with Gasteiger partial charge < -0.3 is 10.1 Å². The third-order valence-corrected chi connectivity index (χ3v) is 3.72. The molecule has 0 atom stereocenters. The van der Waals surface area contributed by atoms with Crippen LogP contribution in [0.1, 0.15) is 5.56 Å². The molecule has 1 aliphatic heterocycles. The number of carbonyl (C=O) groups is 3. The van der Waals surface area contributed by atoms with Gasteiger partial charge in [-0.3, -0.25) is 19.3 Å². The maximum atomic E-state index is 11.6. The zero-order valence-electron chi connectivity index (χ0n) is 11.6. The molecule has 0 radical (unpaired) electrons. The van der Waals surface area contributed by atoms with Crippen LogP contribution in [0.3, 0.4) is 0 Å². The number of amides is 3. The maximum absolute atomic E-state index is 11.6. The molecule has 0 aliphatic carbocycles. The highest BCUT2D eigenvalue weighted by atomic mass is 32.2. The van der Waals surface area contributed by atoms with Crippen molar-refractivity contribution in [1.29, 1.82) is 5.26 Å². The van der Waals surface area contributed by atoms with Gasteiger partial charge in [-0.05, 0) is 12.1 Å². The molecule has 0 spiro atoms. The third-order valence-electron chi connectivity index (χ3n) is 2.86. The SMILES string of the molecule is N#Cc1ccccc1OCC(=O)NCCN1C(=O)CSC1=O. The van der Waals surface area contributed by atoms with Crippen LogP contribution in [0.5, 0.6) is 5.75 Å². The highest BCUT2D eigenvalue weighted by Gasteiger charge is 2.29. The van der Waals surface area contributed by atoms with Crippen LogP contribution >= 0.6 is 11.8 Å². The molecule has 1 fully saturated rings. The smallest absolute Gasteiger partial charge is 0.288 e. The van der Waals surface area contributed by atoms with Crippen molar-refractivity contribution in [1.82, 2.24) is 10.2 Å². The number of ether oxygens (including phenoxy) is 1. The van der Waals surface area contributed by atoms with Crippen molar-refractivity contribution in [3.63, 3.8) is 0 Å². The molecule has 1 aliphatic rings. The number of hydrogen-bond donors (Lipinski definition) is 1. The quantitative estimate of drug-likeness (QED) is 0.830. The fourth-order valence-corrected chi connectivity index (χ4v) is 2.54. The zero-order valence-corrected chi connectivity index (χ0v) is 12.4. The second-order valence-corrected chi connectivity index (χ2v) is 5.27. The summed E-state index contributed by atoms with van der Waals surface area (Å²) >= 11 is 0.953. The van der Waals surface area contributed by atoms with Crippen molar-refractivity contribution >= 4 is 28.8 Å². The minimum Gasteiger partial charge on any atom is -0.482 e. The summed E-state index contributed by atoms with van der Waals surface area (Å²) in [7, 11) is 0. The van der Waals surface area contributed by atoms with Gasteiger partial charge in [0.2, 0.25) is 5.91 Å². The lowest BCUT2D eigenvalue weighted by molar-refractivity contribution is -0.126. The summed E-state index contributed by atoms with van der Waals surface area (Å²) in [5, 5.41) is 11.2. The molecule has 1 aromatic rings. The number of nitrogens with one attached hydrogen (secondary N) is 1. The molecule has 22 heavy (non-hydrogen) atoms. The van der Waals surface area contributed by atoms with Crippen LogP contribution in [0.4, 0.5) is 4.79 Å². The van der Waals surface area contributed by atoms with E-state index >= 15 is 0 Å². The zero-order chi connectivity index (χ0) is 15.9. The highest BCUT2D eigenvalue weighted by Crippen LogP contribution is 2.18. The van der Waals surface area contributed by atoms with Crippen LogP contribution in [-0.4, -0.2) is 47.4 Å². The second-order valence-electron chi connectivity index (χ2n) is 4.35. The first-order valence-corrected chi connectivity index (χ1v) is 7.46. The van der Waals surface area contributed by atoms with E-state index in [1.165, 1.54) is 0 Å². The average molecular weight is 319 g/mol. The lowest BCUT2D eigenvalue weighted by atomic mass is 10.2. The average Bonchev–Trinajstić information content (AvgIpc) is 2.85. The van der Waals surface area contributed by atoms with E-state index in [-0.39, 0.29) is 42.5 Å². The first-order valence-electron chi connectivity index (χ1n) is 6.47. The first kappa shape index (κ1) is 15.9. The van der Waals surface area contributed by atoms with Crippen molar-refractivity contribution in [2.24, 2.45) is 0 Å². The van der Waals surface area contributed by atoms with Gasteiger partial charge in [0.15, 0.2) is 6.61 Å².